The first-order valence-corrected chi connectivity index (χ1v) is 7.93. The van der Waals surface area contributed by atoms with Crippen LogP contribution in [-0.2, 0) is 4.79 Å². The number of benzene rings is 2. The van der Waals surface area contributed by atoms with Crippen LogP contribution in [0.15, 0.2) is 60.7 Å². The minimum atomic E-state index is -0.827. The predicted molar refractivity (Wildman–Crippen MR) is 94.5 cm³/mol. The molecule has 1 aromatic heterocycles. The summed E-state index contributed by atoms with van der Waals surface area (Å²) in [6.07, 6.45) is -0.832. The molecule has 0 bridgehead atoms. The summed E-state index contributed by atoms with van der Waals surface area (Å²) in [4.78, 5) is 12.1. The van der Waals surface area contributed by atoms with E-state index in [2.05, 4.69) is 15.5 Å². The van der Waals surface area contributed by atoms with Crippen LogP contribution < -0.4 is 10.1 Å². The van der Waals surface area contributed by atoms with Crippen LogP contribution in [0.3, 0.4) is 0 Å². The van der Waals surface area contributed by atoms with Crippen LogP contribution in [-0.4, -0.2) is 21.2 Å². The van der Waals surface area contributed by atoms with Gasteiger partial charge in [-0.2, -0.15) is 0 Å². The van der Waals surface area contributed by atoms with Gasteiger partial charge in [0.1, 0.15) is 5.75 Å². The van der Waals surface area contributed by atoms with Crippen molar-refractivity contribution in [2.24, 2.45) is 0 Å². The summed E-state index contributed by atoms with van der Waals surface area (Å²) in [7, 11) is 0. The molecule has 1 atom stereocenters. The molecule has 0 aliphatic carbocycles. The summed E-state index contributed by atoms with van der Waals surface area (Å²) in [6.45, 7) is 1.89. The van der Waals surface area contributed by atoms with Gasteiger partial charge in [-0.05, 0) is 36.8 Å². The van der Waals surface area contributed by atoms with E-state index in [1.165, 1.54) is 0 Å². The summed E-state index contributed by atoms with van der Waals surface area (Å²) in [5.74, 6) is 0.849. The van der Waals surface area contributed by atoms with Gasteiger partial charge in [0.25, 0.3) is 0 Å². The predicted octanol–water partition coefficient (Wildman–Crippen LogP) is 3.57. The highest BCUT2D eigenvalue weighted by molar-refractivity contribution is 5.91. The van der Waals surface area contributed by atoms with E-state index in [-0.39, 0.29) is 12.3 Å². The SMILES string of the molecule is Cc1cc(Oc2ccc(NC(=O)CC(O)c3ccccc3)cc2)n[nH]1. The number of amides is 1. The summed E-state index contributed by atoms with van der Waals surface area (Å²) in [6, 6.07) is 17.9. The Balaban J connectivity index is 1.55. The molecule has 3 rings (SSSR count). The number of aromatic nitrogens is 2. The van der Waals surface area contributed by atoms with Crippen molar-refractivity contribution in [2.45, 2.75) is 19.4 Å². The number of aliphatic hydroxyl groups excluding tert-OH is 1. The molecule has 1 unspecified atom stereocenters. The Morgan fingerprint density at radius 1 is 1.20 bits per heavy atom. The maximum absolute atomic E-state index is 12.1. The number of hydrogen-bond donors (Lipinski definition) is 3. The fraction of sp³-hybridized carbons (Fsp3) is 0.158. The number of nitrogens with one attached hydrogen (secondary N) is 2. The maximum Gasteiger partial charge on any atom is 0.238 e. The van der Waals surface area contributed by atoms with E-state index >= 15 is 0 Å². The van der Waals surface area contributed by atoms with Crippen LogP contribution in [0, 0.1) is 6.92 Å². The van der Waals surface area contributed by atoms with Gasteiger partial charge in [0, 0.05) is 17.4 Å². The van der Waals surface area contributed by atoms with Gasteiger partial charge in [0.15, 0.2) is 0 Å². The van der Waals surface area contributed by atoms with Crippen molar-refractivity contribution in [3.05, 3.63) is 71.9 Å². The molecule has 0 spiro atoms. The van der Waals surface area contributed by atoms with Crippen LogP contribution in [0.4, 0.5) is 5.69 Å². The van der Waals surface area contributed by atoms with Crippen molar-refractivity contribution in [1.29, 1.82) is 0 Å². The highest BCUT2D eigenvalue weighted by Crippen LogP contribution is 2.22. The van der Waals surface area contributed by atoms with E-state index in [4.69, 9.17) is 4.74 Å². The number of aliphatic hydroxyl groups is 1. The molecule has 3 N–H and O–H groups in total. The molecule has 6 heteroatoms. The zero-order valence-electron chi connectivity index (χ0n) is 13.8. The van der Waals surface area contributed by atoms with Crippen LogP contribution in [0.1, 0.15) is 23.8 Å². The lowest BCUT2D eigenvalue weighted by atomic mass is 10.1. The molecule has 1 heterocycles. The summed E-state index contributed by atoms with van der Waals surface area (Å²) < 4.78 is 5.59. The quantitative estimate of drug-likeness (QED) is 0.642. The number of nitrogens with zero attached hydrogens (tertiary/aromatic N) is 1. The molecule has 0 aliphatic rings. The zero-order valence-corrected chi connectivity index (χ0v) is 13.8. The van der Waals surface area contributed by atoms with Gasteiger partial charge >= 0.3 is 0 Å². The number of ether oxygens (including phenoxy) is 1. The molecule has 128 valence electrons. The highest BCUT2D eigenvalue weighted by atomic mass is 16.5. The lowest BCUT2D eigenvalue weighted by molar-refractivity contribution is -0.118. The number of aromatic amines is 1. The van der Waals surface area contributed by atoms with Crippen LogP contribution in [0.2, 0.25) is 0 Å². The average molecular weight is 337 g/mol. The molecule has 2 aromatic carbocycles. The molecule has 0 aliphatic heterocycles. The van der Waals surface area contributed by atoms with E-state index in [1.54, 1.807) is 42.5 Å². The van der Waals surface area contributed by atoms with Gasteiger partial charge < -0.3 is 15.2 Å². The zero-order chi connectivity index (χ0) is 17.6. The topological polar surface area (TPSA) is 87.2 Å². The van der Waals surface area contributed by atoms with E-state index < -0.39 is 6.10 Å². The van der Waals surface area contributed by atoms with E-state index in [1.807, 2.05) is 25.1 Å². The van der Waals surface area contributed by atoms with Gasteiger partial charge in [-0.1, -0.05) is 30.3 Å². The number of H-pyrrole nitrogens is 1. The molecule has 1 amide bonds. The number of rotatable bonds is 6. The molecular weight excluding hydrogens is 318 g/mol. The van der Waals surface area contributed by atoms with Crippen LogP contribution in [0.5, 0.6) is 11.6 Å². The molecule has 0 fully saturated rings. The van der Waals surface area contributed by atoms with E-state index in [0.717, 1.165) is 11.3 Å². The molecule has 0 radical (unpaired) electrons. The molecule has 25 heavy (non-hydrogen) atoms. The number of carbonyl (C=O) groups excluding carboxylic acids is 1. The Morgan fingerprint density at radius 2 is 1.92 bits per heavy atom. The van der Waals surface area contributed by atoms with Gasteiger partial charge in [-0.3, -0.25) is 9.89 Å². The van der Waals surface area contributed by atoms with Crippen molar-refractivity contribution >= 4 is 11.6 Å². The Bertz CT molecular complexity index is 829. The van der Waals surface area contributed by atoms with E-state index in [9.17, 15) is 9.90 Å². The third-order valence-electron chi connectivity index (χ3n) is 3.61. The van der Waals surface area contributed by atoms with Crippen molar-refractivity contribution in [3.8, 4) is 11.6 Å². The molecule has 0 saturated carbocycles. The lowest BCUT2D eigenvalue weighted by Crippen LogP contribution is -2.15. The standard InChI is InChI=1S/C19H19N3O3/c1-13-11-19(22-21-13)25-16-9-7-15(8-10-16)20-18(24)12-17(23)14-5-3-2-4-6-14/h2-11,17,23H,12H2,1H3,(H,20,24)(H,21,22). The van der Waals surface area contributed by atoms with Gasteiger partial charge in [-0.15, -0.1) is 5.10 Å². The van der Waals surface area contributed by atoms with E-state index in [0.29, 0.717) is 17.3 Å². The smallest absolute Gasteiger partial charge is 0.238 e. The lowest BCUT2D eigenvalue weighted by Gasteiger charge is -2.11. The highest BCUT2D eigenvalue weighted by Gasteiger charge is 2.13. The Labute approximate surface area is 145 Å². The van der Waals surface area contributed by atoms with Crippen LogP contribution in [0.25, 0.3) is 0 Å². The third kappa shape index (κ3) is 4.68. The fourth-order valence-corrected chi connectivity index (χ4v) is 2.35. The minimum Gasteiger partial charge on any atom is -0.438 e. The molecular formula is C19H19N3O3. The van der Waals surface area contributed by atoms with Gasteiger partial charge in [0.05, 0.1) is 12.5 Å². The van der Waals surface area contributed by atoms with Crippen LogP contribution >= 0.6 is 0 Å². The number of hydrogen-bond acceptors (Lipinski definition) is 4. The first kappa shape index (κ1) is 16.7. The first-order chi connectivity index (χ1) is 12.1. The van der Waals surface area contributed by atoms with Crippen molar-refractivity contribution in [3.63, 3.8) is 0 Å². The second-order valence-corrected chi connectivity index (χ2v) is 5.69. The maximum atomic E-state index is 12.1. The largest absolute Gasteiger partial charge is 0.438 e. The van der Waals surface area contributed by atoms with Gasteiger partial charge in [0.2, 0.25) is 11.8 Å². The number of anilines is 1. The first-order valence-electron chi connectivity index (χ1n) is 7.93. The second kappa shape index (κ2) is 7.63. The molecule has 6 nitrogen and oxygen atoms in total. The third-order valence-corrected chi connectivity index (χ3v) is 3.61. The number of aryl methyl sites for hydroxylation is 1. The minimum absolute atomic E-state index is 0.00515. The molecule has 3 aromatic rings. The average Bonchev–Trinajstić information content (AvgIpc) is 3.02. The Hall–Kier alpha value is -3.12. The summed E-state index contributed by atoms with van der Waals surface area (Å²) in [5.41, 5.74) is 2.27. The number of carbonyl (C=O) groups is 1. The van der Waals surface area contributed by atoms with Gasteiger partial charge in [-0.25, -0.2) is 0 Å². The Morgan fingerprint density at radius 3 is 2.56 bits per heavy atom. The second-order valence-electron chi connectivity index (χ2n) is 5.69. The van der Waals surface area contributed by atoms with Crippen molar-refractivity contribution < 1.29 is 14.6 Å². The Kier molecular flexibility index (Phi) is 5.11. The normalized spacial score (nSPS) is 11.8. The van der Waals surface area contributed by atoms with Crippen molar-refractivity contribution in [2.75, 3.05) is 5.32 Å². The summed E-state index contributed by atoms with van der Waals surface area (Å²) >= 11 is 0. The monoisotopic (exact) mass is 337 g/mol. The molecule has 0 saturated heterocycles. The fourth-order valence-electron chi connectivity index (χ4n) is 2.35. The summed E-state index contributed by atoms with van der Waals surface area (Å²) in [5, 5.41) is 19.7. The van der Waals surface area contributed by atoms with Crippen molar-refractivity contribution in [1.82, 2.24) is 10.2 Å².